The molecule has 3 N–H and O–H groups in total. The molecule has 6 heteroatoms. The number of amides is 2. The lowest BCUT2D eigenvalue weighted by atomic mass is 10.0. The summed E-state index contributed by atoms with van der Waals surface area (Å²) in [6.45, 7) is 2.56. The van der Waals surface area contributed by atoms with Gasteiger partial charge in [0.15, 0.2) is 0 Å². The first-order valence-corrected chi connectivity index (χ1v) is 7.60. The number of hydrogen-bond donors (Lipinski definition) is 3. The fourth-order valence-corrected chi connectivity index (χ4v) is 2.79. The first-order valence-electron chi connectivity index (χ1n) is 7.60. The summed E-state index contributed by atoms with van der Waals surface area (Å²) >= 11 is 0. The monoisotopic (exact) mass is 312 g/mol. The van der Waals surface area contributed by atoms with Crippen LogP contribution >= 0.6 is 0 Å². The zero-order valence-electron chi connectivity index (χ0n) is 12.6. The molecule has 0 heterocycles. The molecule has 2 amide bonds. The van der Waals surface area contributed by atoms with Crippen molar-refractivity contribution < 1.29 is 18.7 Å². The molecule has 2 rings (SSSR count). The molecular formula is C16H22F2N2O2. The molecule has 3 atom stereocenters. The van der Waals surface area contributed by atoms with Crippen LogP contribution in [0, 0.1) is 17.6 Å². The molecule has 122 valence electrons. The van der Waals surface area contributed by atoms with E-state index in [9.17, 15) is 18.7 Å². The molecule has 1 saturated carbocycles. The average Bonchev–Trinajstić information content (AvgIpc) is 2.88. The Morgan fingerprint density at radius 2 is 2.14 bits per heavy atom. The number of benzene rings is 1. The van der Waals surface area contributed by atoms with Gasteiger partial charge in [0, 0.05) is 25.1 Å². The summed E-state index contributed by atoms with van der Waals surface area (Å²) in [6, 6.07) is 3.14. The second-order valence-electron chi connectivity index (χ2n) is 5.99. The minimum Gasteiger partial charge on any atom is -0.393 e. The maximum absolute atomic E-state index is 13.6. The lowest BCUT2D eigenvalue weighted by Crippen LogP contribution is -2.39. The number of hydrogen-bond acceptors (Lipinski definition) is 2. The summed E-state index contributed by atoms with van der Waals surface area (Å²) in [7, 11) is 0. The van der Waals surface area contributed by atoms with Crippen molar-refractivity contribution in [3.05, 3.63) is 35.4 Å². The highest BCUT2D eigenvalue weighted by atomic mass is 19.1. The van der Waals surface area contributed by atoms with E-state index in [0.29, 0.717) is 18.0 Å². The number of carbonyl (C=O) groups excluding carboxylic acids is 1. The molecule has 1 aromatic rings. The Kier molecular flexibility index (Phi) is 5.71. The molecule has 1 fully saturated rings. The molecule has 22 heavy (non-hydrogen) atoms. The molecule has 0 radical (unpaired) electrons. The van der Waals surface area contributed by atoms with Crippen molar-refractivity contribution in [3.8, 4) is 0 Å². The Balaban J connectivity index is 1.73. The molecule has 0 aliphatic heterocycles. The van der Waals surface area contributed by atoms with Crippen LogP contribution in [-0.4, -0.2) is 30.3 Å². The highest BCUT2D eigenvalue weighted by Crippen LogP contribution is 2.24. The number of halogens is 2. The van der Waals surface area contributed by atoms with Crippen LogP contribution in [0.25, 0.3) is 0 Å². The van der Waals surface area contributed by atoms with Crippen LogP contribution in [0.2, 0.25) is 0 Å². The van der Waals surface area contributed by atoms with Crippen LogP contribution in [0.15, 0.2) is 18.2 Å². The molecule has 0 saturated heterocycles. The van der Waals surface area contributed by atoms with Gasteiger partial charge in [0.05, 0.1) is 6.10 Å². The van der Waals surface area contributed by atoms with Gasteiger partial charge in [-0.2, -0.15) is 0 Å². The van der Waals surface area contributed by atoms with Crippen LogP contribution < -0.4 is 10.6 Å². The average molecular weight is 312 g/mol. The third-order valence-corrected chi connectivity index (χ3v) is 4.13. The van der Waals surface area contributed by atoms with Crippen molar-refractivity contribution in [1.29, 1.82) is 0 Å². The van der Waals surface area contributed by atoms with Gasteiger partial charge in [0.1, 0.15) is 11.6 Å². The minimum absolute atomic E-state index is 0.250. The topological polar surface area (TPSA) is 61.4 Å². The molecule has 3 unspecified atom stereocenters. The van der Waals surface area contributed by atoms with Gasteiger partial charge in [-0.3, -0.25) is 0 Å². The van der Waals surface area contributed by atoms with Gasteiger partial charge in [-0.25, -0.2) is 13.6 Å². The normalized spacial score (nSPS) is 22.4. The Bertz CT molecular complexity index is 525. The largest absolute Gasteiger partial charge is 0.393 e. The third-order valence-electron chi connectivity index (χ3n) is 4.13. The van der Waals surface area contributed by atoms with Gasteiger partial charge >= 0.3 is 6.03 Å². The van der Waals surface area contributed by atoms with E-state index in [-0.39, 0.29) is 24.6 Å². The summed E-state index contributed by atoms with van der Waals surface area (Å²) < 4.78 is 26.5. The lowest BCUT2D eigenvalue weighted by molar-refractivity contribution is 0.177. The van der Waals surface area contributed by atoms with E-state index in [4.69, 9.17) is 0 Å². The van der Waals surface area contributed by atoms with Crippen molar-refractivity contribution >= 4 is 6.03 Å². The number of urea groups is 1. The van der Waals surface area contributed by atoms with Crippen LogP contribution in [0.1, 0.15) is 37.7 Å². The fraction of sp³-hybridized carbons (Fsp3) is 0.562. The number of nitrogens with one attached hydrogen (secondary N) is 2. The van der Waals surface area contributed by atoms with E-state index < -0.39 is 11.6 Å². The van der Waals surface area contributed by atoms with Crippen molar-refractivity contribution in [1.82, 2.24) is 10.6 Å². The SMILES string of the molecule is CC(CNC(=O)NCC1CCC(O)C1)c1ccc(F)cc1F. The van der Waals surface area contributed by atoms with Gasteiger partial charge in [-0.1, -0.05) is 13.0 Å². The molecule has 0 spiro atoms. The number of rotatable bonds is 5. The molecule has 1 aromatic carbocycles. The van der Waals surface area contributed by atoms with Crippen molar-refractivity contribution in [2.75, 3.05) is 13.1 Å². The minimum atomic E-state index is -0.613. The number of aliphatic hydroxyl groups excluding tert-OH is 1. The summed E-state index contributed by atoms with van der Waals surface area (Å²) in [5.41, 5.74) is 0.376. The van der Waals surface area contributed by atoms with Gasteiger partial charge in [-0.15, -0.1) is 0 Å². The van der Waals surface area contributed by atoms with Crippen LogP contribution in [0.5, 0.6) is 0 Å². The van der Waals surface area contributed by atoms with Gasteiger partial charge in [0.25, 0.3) is 0 Å². The molecule has 0 bridgehead atoms. The van der Waals surface area contributed by atoms with Gasteiger partial charge < -0.3 is 15.7 Å². The van der Waals surface area contributed by atoms with E-state index >= 15 is 0 Å². The maximum Gasteiger partial charge on any atom is 0.314 e. The van der Waals surface area contributed by atoms with E-state index in [2.05, 4.69) is 10.6 Å². The van der Waals surface area contributed by atoms with Crippen molar-refractivity contribution in [2.24, 2.45) is 5.92 Å². The van der Waals surface area contributed by atoms with Crippen LogP contribution in [-0.2, 0) is 0 Å². The zero-order valence-corrected chi connectivity index (χ0v) is 12.6. The summed E-state index contributed by atoms with van der Waals surface area (Å²) in [4.78, 5) is 11.7. The van der Waals surface area contributed by atoms with E-state index in [1.54, 1.807) is 6.92 Å². The Morgan fingerprint density at radius 3 is 2.77 bits per heavy atom. The fourth-order valence-electron chi connectivity index (χ4n) is 2.79. The highest BCUT2D eigenvalue weighted by molar-refractivity contribution is 5.73. The van der Waals surface area contributed by atoms with Crippen LogP contribution in [0.3, 0.4) is 0 Å². The van der Waals surface area contributed by atoms with E-state index in [1.165, 1.54) is 12.1 Å². The second-order valence-corrected chi connectivity index (χ2v) is 5.99. The van der Waals surface area contributed by atoms with Gasteiger partial charge in [-0.05, 0) is 36.8 Å². The second kappa shape index (κ2) is 7.54. The summed E-state index contributed by atoms with van der Waals surface area (Å²) in [5.74, 6) is -1.15. The summed E-state index contributed by atoms with van der Waals surface area (Å²) in [5, 5.41) is 14.9. The predicted molar refractivity (Wildman–Crippen MR) is 79.5 cm³/mol. The van der Waals surface area contributed by atoms with E-state index in [0.717, 1.165) is 25.3 Å². The van der Waals surface area contributed by atoms with E-state index in [1.807, 2.05) is 0 Å². The molecule has 0 aromatic heterocycles. The highest BCUT2D eigenvalue weighted by Gasteiger charge is 2.23. The number of aliphatic hydroxyl groups is 1. The Morgan fingerprint density at radius 1 is 1.36 bits per heavy atom. The Hall–Kier alpha value is -1.69. The van der Waals surface area contributed by atoms with Crippen molar-refractivity contribution in [3.63, 3.8) is 0 Å². The Labute approximate surface area is 128 Å². The van der Waals surface area contributed by atoms with Crippen LogP contribution in [0.4, 0.5) is 13.6 Å². The molecule has 1 aliphatic rings. The lowest BCUT2D eigenvalue weighted by Gasteiger charge is -2.16. The first-order chi connectivity index (χ1) is 10.5. The van der Waals surface area contributed by atoms with Gasteiger partial charge in [0.2, 0.25) is 0 Å². The third kappa shape index (κ3) is 4.66. The molecular weight excluding hydrogens is 290 g/mol. The standard InChI is InChI=1S/C16H22F2N2O2/c1-10(14-5-3-12(17)7-15(14)18)8-19-16(22)20-9-11-2-4-13(21)6-11/h3,5,7,10-11,13,21H,2,4,6,8-9H2,1H3,(H2,19,20,22). The molecule has 1 aliphatic carbocycles. The van der Waals surface area contributed by atoms with Crippen molar-refractivity contribution in [2.45, 2.75) is 38.2 Å². The quantitative estimate of drug-likeness (QED) is 0.782. The smallest absolute Gasteiger partial charge is 0.314 e. The first kappa shape index (κ1) is 16.7. The summed E-state index contributed by atoms with van der Waals surface area (Å²) in [6.07, 6.45) is 2.17. The molecule has 4 nitrogen and oxygen atoms in total. The maximum atomic E-state index is 13.6. The zero-order chi connectivity index (χ0) is 16.1. The number of carbonyl (C=O) groups is 1. The predicted octanol–water partition coefficient (Wildman–Crippen LogP) is 2.53.